The van der Waals surface area contributed by atoms with Crippen LogP contribution in [0, 0.1) is 5.92 Å². The number of ketones is 1. The van der Waals surface area contributed by atoms with E-state index in [-0.39, 0.29) is 11.7 Å². The zero-order chi connectivity index (χ0) is 7.28. The van der Waals surface area contributed by atoms with E-state index in [2.05, 4.69) is 0 Å². The standard InChI is InChI=1S/C7H13ClO/c1-3-6(5-8)7(9)4-2/h6H,3-5H2,1-2H3. The predicted octanol–water partition coefficient (Wildman–Crippen LogP) is 2.23. The molecule has 0 amide bonds. The van der Waals surface area contributed by atoms with Gasteiger partial charge in [-0.3, -0.25) is 4.79 Å². The van der Waals surface area contributed by atoms with Crippen LogP contribution in [0.1, 0.15) is 26.7 Å². The molecule has 1 atom stereocenters. The summed E-state index contributed by atoms with van der Waals surface area (Å²) >= 11 is 5.52. The minimum Gasteiger partial charge on any atom is -0.299 e. The Balaban J connectivity index is 3.64. The molecule has 0 heterocycles. The van der Waals surface area contributed by atoms with Crippen molar-refractivity contribution >= 4 is 17.4 Å². The molecule has 54 valence electrons. The van der Waals surface area contributed by atoms with E-state index >= 15 is 0 Å². The first-order valence-electron chi connectivity index (χ1n) is 3.34. The minimum absolute atomic E-state index is 0.0941. The topological polar surface area (TPSA) is 17.1 Å². The zero-order valence-electron chi connectivity index (χ0n) is 5.98. The summed E-state index contributed by atoms with van der Waals surface area (Å²) in [5.41, 5.74) is 0. The largest absolute Gasteiger partial charge is 0.299 e. The Hall–Kier alpha value is -0.0400. The van der Waals surface area contributed by atoms with E-state index in [9.17, 15) is 4.79 Å². The van der Waals surface area contributed by atoms with Crippen LogP contribution in [0.2, 0.25) is 0 Å². The highest BCUT2D eigenvalue weighted by Gasteiger charge is 2.11. The van der Waals surface area contributed by atoms with Gasteiger partial charge in [0.1, 0.15) is 5.78 Å². The molecular weight excluding hydrogens is 136 g/mol. The van der Waals surface area contributed by atoms with Gasteiger partial charge in [0.25, 0.3) is 0 Å². The lowest BCUT2D eigenvalue weighted by Crippen LogP contribution is -2.13. The van der Waals surface area contributed by atoms with Crippen LogP contribution in [0.4, 0.5) is 0 Å². The second kappa shape index (κ2) is 4.80. The van der Waals surface area contributed by atoms with Crippen molar-refractivity contribution in [3.05, 3.63) is 0 Å². The second-order valence-electron chi connectivity index (χ2n) is 2.08. The van der Waals surface area contributed by atoms with E-state index in [0.29, 0.717) is 12.3 Å². The smallest absolute Gasteiger partial charge is 0.136 e. The van der Waals surface area contributed by atoms with Crippen molar-refractivity contribution in [3.8, 4) is 0 Å². The first kappa shape index (κ1) is 8.96. The molecule has 0 radical (unpaired) electrons. The van der Waals surface area contributed by atoms with Crippen LogP contribution in [0.5, 0.6) is 0 Å². The van der Waals surface area contributed by atoms with Crippen molar-refractivity contribution in [3.63, 3.8) is 0 Å². The van der Waals surface area contributed by atoms with Crippen LogP contribution in [0.15, 0.2) is 0 Å². The summed E-state index contributed by atoms with van der Waals surface area (Å²) in [4.78, 5) is 10.9. The van der Waals surface area contributed by atoms with Crippen LogP contribution in [-0.2, 0) is 4.79 Å². The molecule has 0 N–H and O–H groups in total. The van der Waals surface area contributed by atoms with Gasteiger partial charge < -0.3 is 0 Å². The summed E-state index contributed by atoms with van der Waals surface area (Å²) in [6, 6.07) is 0. The van der Waals surface area contributed by atoms with Crippen LogP contribution in [0.25, 0.3) is 0 Å². The van der Waals surface area contributed by atoms with E-state index in [1.807, 2.05) is 13.8 Å². The molecule has 0 aromatic carbocycles. The van der Waals surface area contributed by atoms with E-state index in [0.717, 1.165) is 6.42 Å². The predicted molar refractivity (Wildman–Crippen MR) is 39.8 cm³/mol. The van der Waals surface area contributed by atoms with Crippen LogP contribution < -0.4 is 0 Å². The van der Waals surface area contributed by atoms with Crippen molar-refractivity contribution < 1.29 is 4.79 Å². The molecule has 1 unspecified atom stereocenters. The summed E-state index contributed by atoms with van der Waals surface area (Å²) in [6.45, 7) is 3.86. The molecule has 0 saturated heterocycles. The van der Waals surface area contributed by atoms with E-state index < -0.39 is 0 Å². The molecule has 0 aliphatic carbocycles. The number of Topliss-reactive ketones (excluding diaryl/α,β-unsaturated/α-hetero) is 1. The Morgan fingerprint density at radius 1 is 1.56 bits per heavy atom. The molecule has 0 spiro atoms. The third kappa shape index (κ3) is 2.85. The number of rotatable bonds is 4. The van der Waals surface area contributed by atoms with Gasteiger partial charge in [0.15, 0.2) is 0 Å². The average molecular weight is 149 g/mol. The lowest BCUT2D eigenvalue weighted by molar-refractivity contribution is -0.122. The fraction of sp³-hybridized carbons (Fsp3) is 0.857. The minimum atomic E-state index is 0.0941. The van der Waals surface area contributed by atoms with Gasteiger partial charge in [0, 0.05) is 18.2 Å². The monoisotopic (exact) mass is 148 g/mol. The van der Waals surface area contributed by atoms with Crippen LogP contribution >= 0.6 is 11.6 Å². The number of alkyl halides is 1. The van der Waals surface area contributed by atoms with Gasteiger partial charge in [-0.15, -0.1) is 11.6 Å². The van der Waals surface area contributed by atoms with Gasteiger partial charge in [-0.25, -0.2) is 0 Å². The maximum Gasteiger partial charge on any atom is 0.136 e. The molecule has 1 nitrogen and oxygen atoms in total. The third-order valence-electron chi connectivity index (χ3n) is 1.48. The average Bonchev–Trinajstić information content (AvgIpc) is 1.90. The highest BCUT2D eigenvalue weighted by Crippen LogP contribution is 2.07. The molecule has 0 bridgehead atoms. The fourth-order valence-electron chi connectivity index (χ4n) is 0.712. The normalized spacial score (nSPS) is 13.2. The molecule has 0 aromatic rings. The van der Waals surface area contributed by atoms with Crippen molar-refractivity contribution in [2.24, 2.45) is 5.92 Å². The summed E-state index contributed by atoms with van der Waals surface area (Å²) in [7, 11) is 0. The van der Waals surface area contributed by atoms with Crippen LogP contribution in [0.3, 0.4) is 0 Å². The van der Waals surface area contributed by atoms with Crippen molar-refractivity contribution in [2.75, 3.05) is 5.88 Å². The van der Waals surface area contributed by atoms with Gasteiger partial charge in [0.05, 0.1) is 0 Å². The maximum absolute atomic E-state index is 10.9. The second-order valence-corrected chi connectivity index (χ2v) is 2.39. The lowest BCUT2D eigenvalue weighted by atomic mass is 10.0. The maximum atomic E-state index is 10.9. The number of carbonyl (C=O) groups is 1. The molecule has 0 aromatic heterocycles. The molecule has 0 aliphatic rings. The molecule has 2 heteroatoms. The van der Waals surface area contributed by atoms with E-state index in [1.54, 1.807) is 0 Å². The van der Waals surface area contributed by atoms with E-state index in [4.69, 9.17) is 11.6 Å². The third-order valence-corrected chi connectivity index (χ3v) is 1.86. The highest BCUT2D eigenvalue weighted by molar-refractivity contribution is 6.19. The Kier molecular flexibility index (Phi) is 4.78. The van der Waals surface area contributed by atoms with Gasteiger partial charge in [0.2, 0.25) is 0 Å². The molecule has 0 rings (SSSR count). The van der Waals surface area contributed by atoms with Crippen molar-refractivity contribution in [1.29, 1.82) is 0 Å². The SMILES string of the molecule is CCC(=O)C(CC)CCl. The Morgan fingerprint density at radius 3 is 2.22 bits per heavy atom. The summed E-state index contributed by atoms with van der Waals surface area (Å²) in [5.74, 6) is 0.854. The summed E-state index contributed by atoms with van der Waals surface area (Å²) in [6.07, 6.45) is 1.49. The van der Waals surface area contributed by atoms with Gasteiger partial charge >= 0.3 is 0 Å². The number of hydrogen-bond acceptors (Lipinski definition) is 1. The molecule has 0 aliphatic heterocycles. The van der Waals surface area contributed by atoms with Crippen molar-refractivity contribution in [1.82, 2.24) is 0 Å². The number of halogens is 1. The van der Waals surface area contributed by atoms with Gasteiger partial charge in [-0.05, 0) is 6.42 Å². The molecule has 0 fully saturated rings. The van der Waals surface area contributed by atoms with Gasteiger partial charge in [-0.1, -0.05) is 13.8 Å². The lowest BCUT2D eigenvalue weighted by Gasteiger charge is -2.06. The van der Waals surface area contributed by atoms with E-state index in [1.165, 1.54) is 0 Å². The summed E-state index contributed by atoms with van der Waals surface area (Å²) < 4.78 is 0. The Bertz CT molecular complexity index is 86.9. The summed E-state index contributed by atoms with van der Waals surface area (Å²) in [5, 5.41) is 0. The fourth-order valence-corrected chi connectivity index (χ4v) is 1.10. The quantitative estimate of drug-likeness (QED) is 0.559. The Labute approximate surface area is 61.4 Å². The first-order valence-corrected chi connectivity index (χ1v) is 3.88. The first-order chi connectivity index (χ1) is 4.26. The molecule has 0 saturated carbocycles. The number of hydrogen-bond donors (Lipinski definition) is 0. The molecule has 9 heavy (non-hydrogen) atoms. The zero-order valence-corrected chi connectivity index (χ0v) is 6.74. The highest BCUT2D eigenvalue weighted by atomic mass is 35.5. The molecular formula is C7H13ClO. The van der Waals surface area contributed by atoms with Gasteiger partial charge in [-0.2, -0.15) is 0 Å². The Morgan fingerprint density at radius 2 is 2.11 bits per heavy atom. The van der Waals surface area contributed by atoms with Crippen LogP contribution in [-0.4, -0.2) is 11.7 Å². The van der Waals surface area contributed by atoms with Crippen molar-refractivity contribution in [2.45, 2.75) is 26.7 Å². The number of carbonyl (C=O) groups excluding carboxylic acids is 1.